The molecule has 1 saturated carbocycles. The van der Waals surface area contributed by atoms with Gasteiger partial charge in [-0.15, -0.1) is 6.58 Å². The number of nitrogens with zero attached hydrogens (tertiary/aromatic N) is 2. The lowest BCUT2D eigenvalue weighted by atomic mass is 10.1. The molecule has 2 rings (SSSR count). The highest BCUT2D eigenvalue weighted by Crippen LogP contribution is 2.24. The second-order valence-corrected chi connectivity index (χ2v) is 5.90. The Morgan fingerprint density at radius 1 is 1.50 bits per heavy atom. The molecule has 0 amide bonds. The largest absolute Gasteiger partial charge is 0.391 e. The van der Waals surface area contributed by atoms with E-state index in [2.05, 4.69) is 32.9 Å². The summed E-state index contributed by atoms with van der Waals surface area (Å²) in [6.07, 6.45) is 7.87. The molecular weight excluding hydrogens is 322 g/mol. The van der Waals surface area contributed by atoms with Crippen LogP contribution in [-0.4, -0.2) is 27.0 Å². The Hall–Kier alpha value is -1.14. The molecule has 1 heterocycles. The van der Waals surface area contributed by atoms with Crippen LogP contribution < -0.4 is 10.9 Å². The molecule has 1 fully saturated rings. The summed E-state index contributed by atoms with van der Waals surface area (Å²) in [7, 11) is 0. The molecule has 20 heavy (non-hydrogen) atoms. The summed E-state index contributed by atoms with van der Waals surface area (Å²) in [5.74, 6) is 0. The topological polar surface area (TPSA) is 67.2 Å². The highest BCUT2D eigenvalue weighted by molar-refractivity contribution is 9.10. The number of nitrogens with one attached hydrogen (secondary N) is 1. The van der Waals surface area contributed by atoms with E-state index in [1.165, 1.54) is 4.68 Å². The van der Waals surface area contributed by atoms with Crippen molar-refractivity contribution in [1.82, 2.24) is 9.78 Å². The van der Waals surface area contributed by atoms with Gasteiger partial charge in [-0.3, -0.25) is 4.79 Å². The zero-order chi connectivity index (χ0) is 14.5. The van der Waals surface area contributed by atoms with Gasteiger partial charge in [-0.1, -0.05) is 25.3 Å². The first-order valence-corrected chi connectivity index (χ1v) is 7.74. The third kappa shape index (κ3) is 3.49. The van der Waals surface area contributed by atoms with Gasteiger partial charge in [0.05, 0.1) is 30.6 Å². The van der Waals surface area contributed by atoms with Gasteiger partial charge in [-0.25, -0.2) is 4.68 Å². The molecule has 0 spiro atoms. The van der Waals surface area contributed by atoms with Crippen LogP contribution in [0, 0.1) is 0 Å². The highest BCUT2D eigenvalue weighted by atomic mass is 79.9. The quantitative estimate of drug-likeness (QED) is 0.651. The van der Waals surface area contributed by atoms with Gasteiger partial charge in [0.25, 0.3) is 5.56 Å². The van der Waals surface area contributed by atoms with Gasteiger partial charge in [0.1, 0.15) is 4.47 Å². The van der Waals surface area contributed by atoms with Gasteiger partial charge in [0.15, 0.2) is 0 Å². The SMILES string of the molecule is C=CCn1ncc(NC2CCCCCC2O)c(Br)c1=O. The minimum absolute atomic E-state index is 0.0229. The van der Waals surface area contributed by atoms with E-state index >= 15 is 0 Å². The molecule has 0 aromatic carbocycles. The summed E-state index contributed by atoms with van der Waals surface area (Å²) in [5.41, 5.74) is 0.444. The van der Waals surface area contributed by atoms with Crippen molar-refractivity contribution in [1.29, 1.82) is 0 Å². The van der Waals surface area contributed by atoms with Crippen molar-refractivity contribution in [3.63, 3.8) is 0 Å². The lowest BCUT2D eigenvalue weighted by molar-refractivity contribution is 0.144. The van der Waals surface area contributed by atoms with Crippen LogP contribution in [0.5, 0.6) is 0 Å². The molecule has 2 unspecified atom stereocenters. The standard InChI is InChI=1S/C14H20BrN3O2/c1-2-8-18-14(20)13(15)11(9-16-18)17-10-6-4-3-5-7-12(10)19/h2,9-10,12,17,19H,1,3-8H2. The summed E-state index contributed by atoms with van der Waals surface area (Å²) >= 11 is 3.32. The Bertz CT molecular complexity index is 530. The predicted molar refractivity (Wildman–Crippen MR) is 82.9 cm³/mol. The van der Waals surface area contributed by atoms with E-state index < -0.39 is 0 Å². The Balaban J connectivity index is 2.18. The van der Waals surface area contributed by atoms with Crippen molar-refractivity contribution in [2.75, 3.05) is 5.32 Å². The number of hydrogen-bond donors (Lipinski definition) is 2. The van der Waals surface area contributed by atoms with Crippen LogP contribution in [0.1, 0.15) is 32.1 Å². The van der Waals surface area contributed by atoms with Crippen molar-refractivity contribution < 1.29 is 5.11 Å². The smallest absolute Gasteiger partial charge is 0.283 e. The van der Waals surface area contributed by atoms with E-state index in [1.807, 2.05) is 0 Å². The molecule has 2 atom stereocenters. The number of halogens is 1. The van der Waals surface area contributed by atoms with E-state index in [4.69, 9.17) is 0 Å². The Morgan fingerprint density at radius 2 is 2.25 bits per heavy atom. The maximum atomic E-state index is 12.1. The van der Waals surface area contributed by atoms with Gasteiger partial charge in [-0.05, 0) is 28.8 Å². The summed E-state index contributed by atoms with van der Waals surface area (Å²) in [5, 5.41) is 17.5. The van der Waals surface area contributed by atoms with E-state index in [1.54, 1.807) is 12.3 Å². The van der Waals surface area contributed by atoms with Gasteiger partial charge in [-0.2, -0.15) is 5.10 Å². The highest BCUT2D eigenvalue weighted by Gasteiger charge is 2.22. The summed E-state index contributed by atoms with van der Waals surface area (Å²) in [4.78, 5) is 12.1. The van der Waals surface area contributed by atoms with Gasteiger partial charge < -0.3 is 10.4 Å². The zero-order valence-electron chi connectivity index (χ0n) is 11.4. The first kappa shape index (κ1) is 15.3. The van der Waals surface area contributed by atoms with Crippen LogP contribution in [0.15, 0.2) is 28.1 Å². The summed E-state index contributed by atoms with van der Waals surface area (Å²) < 4.78 is 1.79. The van der Waals surface area contributed by atoms with Crippen LogP contribution in [0.4, 0.5) is 5.69 Å². The third-order valence-corrected chi connectivity index (χ3v) is 4.37. The van der Waals surface area contributed by atoms with Crippen molar-refractivity contribution in [3.05, 3.63) is 33.7 Å². The molecule has 0 saturated heterocycles. The lowest BCUT2D eigenvalue weighted by Crippen LogP contribution is -2.34. The summed E-state index contributed by atoms with van der Waals surface area (Å²) in [6.45, 7) is 3.98. The molecule has 1 aliphatic rings. The fraction of sp³-hybridized carbons (Fsp3) is 0.571. The van der Waals surface area contributed by atoms with Crippen LogP contribution in [0.25, 0.3) is 0 Å². The monoisotopic (exact) mass is 341 g/mol. The first-order chi connectivity index (χ1) is 9.63. The van der Waals surface area contributed by atoms with Crippen molar-refractivity contribution in [2.24, 2.45) is 0 Å². The molecule has 1 aromatic rings. The van der Waals surface area contributed by atoms with Gasteiger partial charge in [0, 0.05) is 0 Å². The summed E-state index contributed by atoms with van der Waals surface area (Å²) in [6, 6.07) is -0.0229. The predicted octanol–water partition coefficient (Wildman–Crippen LogP) is 2.30. The molecule has 1 aliphatic carbocycles. The van der Waals surface area contributed by atoms with Crippen molar-refractivity contribution >= 4 is 21.6 Å². The molecule has 0 aliphatic heterocycles. The normalized spacial score (nSPS) is 23.1. The minimum atomic E-state index is -0.375. The molecule has 1 aromatic heterocycles. The van der Waals surface area contributed by atoms with E-state index in [-0.39, 0.29) is 17.7 Å². The maximum absolute atomic E-state index is 12.1. The molecule has 5 nitrogen and oxygen atoms in total. The van der Waals surface area contributed by atoms with E-state index in [9.17, 15) is 9.90 Å². The second-order valence-electron chi connectivity index (χ2n) is 5.10. The number of hydrogen-bond acceptors (Lipinski definition) is 4. The van der Waals surface area contributed by atoms with E-state index in [0.717, 1.165) is 32.1 Å². The minimum Gasteiger partial charge on any atom is -0.391 e. The number of allylic oxidation sites excluding steroid dienone is 1. The number of anilines is 1. The lowest BCUT2D eigenvalue weighted by Gasteiger charge is -2.23. The average molecular weight is 342 g/mol. The van der Waals surface area contributed by atoms with Crippen LogP contribution >= 0.6 is 15.9 Å². The molecule has 110 valence electrons. The van der Waals surface area contributed by atoms with Gasteiger partial charge in [0.2, 0.25) is 0 Å². The van der Waals surface area contributed by atoms with Crippen molar-refractivity contribution in [3.8, 4) is 0 Å². The number of rotatable bonds is 4. The molecule has 2 N–H and O–H groups in total. The third-order valence-electron chi connectivity index (χ3n) is 3.61. The fourth-order valence-corrected chi connectivity index (χ4v) is 2.90. The molecule has 6 heteroatoms. The Labute approximate surface area is 126 Å². The van der Waals surface area contributed by atoms with Crippen molar-refractivity contribution in [2.45, 2.75) is 50.8 Å². The Kier molecular flexibility index (Phi) is 5.37. The molecule has 0 radical (unpaired) electrons. The van der Waals surface area contributed by atoms with E-state index in [0.29, 0.717) is 16.7 Å². The molecule has 0 bridgehead atoms. The number of aromatic nitrogens is 2. The van der Waals surface area contributed by atoms with Crippen LogP contribution in [0.3, 0.4) is 0 Å². The zero-order valence-corrected chi connectivity index (χ0v) is 13.0. The molecular formula is C14H20BrN3O2. The van der Waals surface area contributed by atoms with Gasteiger partial charge >= 0.3 is 0 Å². The first-order valence-electron chi connectivity index (χ1n) is 6.94. The second kappa shape index (κ2) is 7.04. The number of aliphatic hydroxyl groups excluding tert-OH is 1. The Morgan fingerprint density at radius 3 is 3.00 bits per heavy atom. The maximum Gasteiger partial charge on any atom is 0.283 e. The average Bonchev–Trinajstić information content (AvgIpc) is 2.64. The fourth-order valence-electron chi connectivity index (χ4n) is 2.47. The van der Waals surface area contributed by atoms with Crippen LogP contribution in [-0.2, 0) is 6.54 Å². The van der Waals surface area contributed by atoms with Crippen LogP contribution in [0.2, 0.25) is 0 Å². The number of aliphatic hydroxyl groups is 1.